The van der Waals surface area contributed by atoms with Gasteiger partial charge >= 0.3 is 0 Å². The molecule has 6 nitrogen and oxygen atoms in total. The lowest BCUT2D eigenvalue weighted by Crippen LogP contribution is -2.36. The number of oxazole rings is 1. The average molecular weight is 445 g/mol. The number of rotatable bonds is 5. The lowest BCUT2D eigenvalue weighted by atomic mass is 10.2. The number of aromatic nitrogens is 3. The van der Waals surface area contributed by atoms with Crippen molar-refractivity contribution < 1.29 is 9.15 Å². The van der Waals surface area contributed by atoms with Gasteiger partial charge in [0.25, 0.3) is 5.22 Å². The zero-order valence-corrected chi connectivity index (χ0v) is 18.6. The molecule has 0 aromatic carbocycles. The number of fused-ring (bicyclic) bond motifs is 1. The van der Waals surface area contributed by atoms with Gasteiger partial charge in [-0.15, -0.1) is 22.7 Å². The molecule has 29 heavy (non-hydrogen) atoms. The van der Waals surface area contributed by atoms with Gasteiger partial charge in [-0.05, 0) is 37.1 Å². The first-order valence-electron chi connectivity index (χ1n) is 9.41. The SMILES string of the molecule is Cc1nc(Sc2nc(CN3CCOCC3)nc3scc(-c4cccs4)c23)oc1C. The molecule has 5 rings (SSSR count). The first kappa shape index (κ1) is 19.2. The van der Waals surface area contributed by atoms with E-state index in [0.29, 0.717) is 5.22 Å². The molecule has 0 spiro atoms. The minimum absolute atomic E-state index is 0.626. The summed E-state index contributed by atoms with van der Waals surface area (Å²) in [4.78, 5) is 19.0. The average Bonchev–Trinajstić information content (AvgIpc) is 3.43. The normalized spacial score (nSPS) is 15.4. The van der Waals surface area contributed by atoms with Crippen LogP contribution in [-0.2, 0) is 11.3 Å². The zero-order chi connectivity index (χ0) is 19.8. The first-order valence-corrected chi connectivity index (χ1v) is 12.0. The van der Waals surface area contributed by atoms with Gasteiger partial charge in [0.05, 0.1) is 30.8 Å². The molecule has 0 bridgehead atoms. The van der Waals surface area contributed by atoms with E-state index in [1.165, 1.54) is 22.2 Å². The summed E-state index contributed by atoms with van der Waals surface area (Å²) in [5, 5.41) is 6.89. The van der Waals surface area contributed by atoms with Crippen LogP contribution in [0.5, 0.6) is 0 Å². The van der Waals surface area contributed by atoms with Gasteiger partial charge in [-0.25, -0.2) is 15.0 Å². The Labute approximate surface area is 181 Å². The number of nitrogens with zero attached hydrogens (tertiary/aromatic N) is 4. The smallest absolute Gasteiger partial charge is 0.262 e. The molecule has 5 heterocycles. The van der Waals surface area contributed by atoms with Crippen LogP contribution in [0.15, 0.2) is 37.6 Å². The fraction of sp³-hybridized carbons (Fsp3) is 0.350. The van der Waals surface area contributed by atoms with E-state index in [2.05, 4.69) is 32.8 Å². The fourth-order valence-corrected chi connectivity index (χ4v) is 6.06. The second-order valence-corrected chi connectivity index (χ2v) is 9.61. The van der Waals surface area contributed by atoms with E-state index in [1.807, 2.05) is 13.8 Å². The van der Waals surface area contributed by atoms with Crippen LogP contribution >= 0.6 is 34.4 Å². The van der Waals surface area contributed by atoms with Crippen LogP contribution < -0.4 is 0 Å². The molecule has 0 amide bonds. The summed E-state index contributed by atoms with van der Waals surface area (Å²) in [7, 11) is 0. The molecular weight excluding hydrogens is 424 g/mol. The maximum atomic E-state index is 5.83. The Bertz CT molecular complexity index is 1110. The summed E-state index contributed by atoms with van der Waals surface area (Å²) in [6.07, 6.45) is 0. The number of hydrogen-bond acceptors (Lipinski definition) is 9. The lowest BCUT2D eigenvalue weighted by molar-refractivity contribution is 0.0330. The first-order chi connectivity index (χ1) is 14.2. The highest BCUT2D eigenvalue weighted by atomic mass is 32.2. The molecule has 1 saturated heterocycles. The van der Waals surface area contributed by atoms with Gasteiger partial charge in [0, 0.05) is 28.9 Å². The Balaban J connectivity index is 1.58. The fourth-order valence-electron chi connectivity index (χ4n) is 3.24. The summed E-state index contributed by atoms with van der Waals surface area (Å²) < 4.78 is 11.3. The number of thiophene rings is 2. The maximum Gasteiger partial charge on any atom is 0.262 e. The molecule has 1 aliphatic rings. The molecule has 0 saturated carbocycles. The summed E-state index contributed by atoms with van der Waals surface area (Å²) in [6.45, 7) is 7.97. The number of aryl methyl sites for hydroxylation is 2. The molecular formula is C20H20N4O2S3. The van der Waals surface area contributed by atoms with Gasteiger partial charge < -0.3 is 9.15 Å². The van der Waals surface area contributed by atoms with Crippen LogP contribution in [0.25, 0.3) is 20.7 Å². The van der Waals surface area contributed by atoms with Crippen molar-refractivity contribution in [3.8, 4) is 10.4 Å². The molecule has 1 fully saturated rings. The van der Waals surface area contributed by atoms with Crippen molar-refractivity contribution in [3.05, 3.63) is 40.2 Å². The van der Waals surface area contributed by atoms with Gasteiger partial charge in [0.1, 0.15) is 21.4 Å². The van der Waals surface area contributed by atoms with Gasteiger partial charge in [-0.1, -0.05) is 6.07 Å². The molecule has 0 N–H and O–H groups in total. The van der Waals surface area contributed by atoms with E-state index in [9.17, 15) is 0 Å². The van der Waals surface area contributed by atoms with Crippen LogP contribution in [0.2, 0.25) is 0 Å². The van der Waals surface area contributed by atoms with E-state index < -0.39 is 0 Å². The third-order valence-corrected chi connectivity index (χ3v) is 7.51. The second-order valence-electron chi connectivity index (χ2n) is 6.86. The zero-order valence-electron chi connectivity index (χ0n) is 16.2. The Morgan fingerprint density at radius 2 is 2.00 bits per heavy atom. The number of hydrogen-bond donors (Lipinski definition) is 0. The summed E-state index contributed by atoms with van der Waals surface area (Å²) >= 11 is 4.88. The Morgan fingerprint density at radius 1 is 1.14 bits per heavy atom. The highest BCUT2D eigenvalue weighted by Gasteiger charge is 2.20. The summed E-state index contributed by atoms with van der Waals surface area (Å²) in [5.41, 5.74) is 2.09. The van der Waals surface area contributed by atoms with Crippen molar-refractivity contribution in [2.75, 3.05) is 26.3 Å². The van der Waals surface area contributed by atoms with Crippen LogP contribution in [0.1, 0.15) is 17.3 Å². The standard InChI is InChI=1S/C20H20N4O2S3/c1-12-13(2)26-20(21-12)29-19-17-14(15-4-3-9-27-15)11-28-18(17)22-16(23-19)10-24-5-7-25-8-6-24/h3-4,9,11H,5-8,10H2,1-2H3. The number of morpholine rings is 1. The van der Waals surface area contributed by atoms with Crippen molar-refractivity contribution in [3.63, 3.8) is 0 Å². The summed E-state index contributed by atoms with van der Waals surface area (Å²) in [5.74, 6) is 1.68. The Kier molecular flexibility index (Phi) is 5.40. The largest absolute Gasteiger partial charge is 0.436 e. The molecule has 0 unspecified atom stereocenters. The van der Waals surface area contributed by atoms with Crippen molar-refractivity contribution in [2.24, 2.45) is 0 Å². The molecule has 0 atom stereocenters. The van der Waals surface area contributed by atoms with Crippen LogP contribution in [0.4, 0.5) is 0 Å². The van der Waals surface area contributed by atoms with Crippen LogP contribution in [0, 0.1) is 13.8 Å². The highest BCUT2D eigenvalue weighted by molar-refractivity contribution is 7.99. The van der Waals surface area contributed by atoms with Crippen molar-refractivity contribution >= 4 is 44.7 Å². The van der Waals surface area contributed by atoms with Crippen molar-refractivity contribution in [1.82, 2.24) is 19.9 Å². The highest BCUT2D eigenvalue weighted by Crippen LogP contribution is 2.42. The molecule has 1 aliphatic heterocycles. The van der Waals surface area contributed by atoms with Crippen molar-refractivity contribution in [2.45, 2.75) is 30.6 Å². The van der Waals surface area contributed by atoms with Crippen molar-refractivity contribution in [1.29, 1.82) is 0 Å². The van der Waals surface area contributed by atoms with E-state index in [-0.39, 0.29) is 0 Å². The second kappa shape index (κ2) is 8.16. The molecule has 150 valence electrons. The predicted molar refractivity (Wildman–Crippen MR) is 117 cm³/mol. The van der Waals surface area contributed by atoms with Gasteiger partial charge in [-0.2, -0.15) is 0 Å². The molecule has 9 heteroatoms. The monoisotopic (exact) mass is 444 g/mol. The topological polar surface area (TPSA) is 64.3 Å². The van der Waals surface area contributed by atoms with Crippen LogP contribution in [-0.4, -0.2) is 46.2 Å². The number of ether oxygens (including phenoxy) is 1. The minimum atomic E-state index is 0.626. The van der Waals surface area contributed by atoms with E-state index >= 15 is 0 Å². The van der Waals surface area contributed by atoms with Crippen LogP contribution in [0.3, 0.4) is 0 Å². The van der Waals surface area contributed by atoms with E-state index in [1.54, 1.807) is 22.7 Å². The summed E-state index contributed by atoms with van der Waals surface area (Å²) in [6, 6.07) is 4.21. The van der Waals surface area contributed by atoms with E-state index in [0.717, 1.165) is 65.4 Å². The lowest BCUT2D eigenvalue weighted by Gasteiger charge is -2.25. The third-order valence-electron chi connectivity index (χ3n) is 4.89. The predicted octanol–water partition coefficient (Wildman–Crippen LogP) is 5.01. The molecule has 0 aliphatic carbocycles. The third kappa shape index (κ3) is 3.97. The minimum Gasteiger partial charge on any atom is -0.436 e. The quantitative estimate of drug-likeness (QED) is 0.401. The van der Waals surface area contributed by atoms with Gasteiger partial charge in [0.15, 0.2) is 0 Å². The van der Waals surface area contributed by atoms with Gasteiger partial charge in [0.2, 0.25) is 0 Å². The van der Waals surface area contributed by atoms with Gasteiger partial charge in [-0.3, -0.25) is 4.90 Å². The Hall–Kier alpha value is -1.78. The molecule has 0 radical (unpaired) electrons. The molecule has 4 aromatic rings. The Morgan fingerprint density at radius 3 is 2.72 bits per heavy atom. The maximum absolute atomic E-state index is 5.83. The van der Waals surface area contributed by atoms with E-state index in [4.69, 9.17) is 19.1 Å². The molecule has 4 aromatic heterocycles.